The molecule has 7 heteroatoms. The van der Waals surface area contributed by atoms with Crippen LogP contribution in [0.4, 0.5) is 0 Å². The molecule has 1 unspecified atom stereocenters. The van der Waals surface area contributed by atoms with Crippen LogP contribution < -0.4 is 10.6 Å². The fourth-order valence-corrected chi connectivity index (χ4v) is 3.37. The summed E-state index contributed by atoms with van der Waals surface area (Å²) in [4.78, 5) is 9.74. The van der Waals surface area contributed by atoms with Gasteiger partial charge in [-0.25, -0.2) is 4.99 Å². The number of hydrogen-bond donors (Lipinski definition) is 2. The Labute approximate surface area is 186 Å². The van der Waals surface area contributed by atoms with Crippen molar-refractivity contribution in [2.45, 2.75) is 33.4 Å². The van der Waals surface area contributed by atoms with Gasteiger partial charge in [0.15, 0.2) is 5.96 Å². The second-order valence-electron chi connectivity index (χ2n) is 7.35. The molecule has 1 fully saturated rings. The number of hydrogen-bond acceptors (Lipinski definition) is 3. The summed E-state index contributed by atoms with van der Waals surface area (Å²) in [5.74, 6) is 1.48. The van der Waals surface area contributed by atoms with E-state index in [1.807, 2.05) is 24.3 Å². The van der Waals surface area contributed by atoms with Gasteiger partial charge in [0.1, 0.15) is 0 Å². The Morgan fingerprint density at radius 3 is 2.30 bits per heavy atom. The number of halogens is 2. The summed E-state index contributed by atoms with van der Waals surface area (Å²) < 4.78 is 0. The first-order chi connectivity index (χ1) is 12.5. The largest absolute Gasteiger partial charge is 0.357 e. The van der Waals surface area contributed by atoms with E-state index < -0.39 is 0 Å². The predicted octanol–water partition coefficient (Wildman–Crippen LogP) is 3.29. The number of benzene rings is 1. The van der Waals surface area contributed by atoms with Gasteiger partial charge in [-0.1, -0.05) is 37.6 Å². The van der Waals surface area contributed by atoms with Gasteiger partial charge < -0.3 is 15.5 Å². The molecule has 1 atom stereocenters. The zero-order valence-corrected chi connectivity index (χ0v) is 20.1. The van der Waals surface area contributed by atoms with Crippen LogP contribution in [0.5, 0.6) is 0 Å². The number of nitrogens with zero attached hydrogens (tertiary/aromatic N) is 3. The third kappa shape index (κ3) is 8.54. The fraction of sp³-hybridized carbons (Fsp3) is 0.650. The van der Waals surface area contributed by atoms with E-state index in [9.17, 15) is 0 Å². The average Bonchev–Trinajstić information content (AvgIpc) is 2.62. The molecule has 5 nitrogen and oxygen atoms in total. The zero-order valence-electron chi connectivity index (χ0n) is 17.0. The normalized spacial score (nSPS) is 17.5. The van der Waals surface area contributed by atoms with Crippen molar-refractivity contribution in [3.05, 3.63) is 34.9 Å². The Morgan fingerprint density at radius 1 is 1.11 bits per heavy atom. The van der Waals surface area contributed by atoms with Crippen molar-refractivity contribution in [1.82, 2.24) is 20.4 Å². The summed E-state index contributed by atoms with van der Waals surface area (Å²) in [6.45, 7) is 13.7. The molecule has 2 rings (SSSR count). The lowest BCUT2D eigenvalue weighted by Gasteiger charge is -2.40. The fourth-order valence-electron chi connectivity index (χ4n) is 3.24. The molecule has 2 N–H and O–H groups in total. The maximum Gasteiger partial charge on any atom is 0.191 e. The Balaban J connectivity index is 0.00000364. The zero-order chi connectivity index (χ0) is 18.9. The highest BCUT2D eigenvalue weighted by Gasteiger charge is 2.24. The van der Waals surface area contributed by atoms with Crippen LogP contribution in [-0.4, -0.2) is 68.1 Å². The van der Waals surface area contributed by atoms with E-state index in [0.29, 0.717) is 18.5 Å². The Morgan fingerprint density at radius 2 is 1.74 bits per heavy atom. The van der Waals surface area contributed by atoms with E-state index in [2.05, 4.69) is 48.3 Å². The van der Waals surface area contributed by atoms with Crippen molar-refractivity contribution in [2.75, 3.05) is 46.3 Å². The molecule has 1 aromatic rings. The number of piperazine rings is 1. The molecule has 1 saturated heterocycles. The van der Waals surface area contributed by atoms with E-state index in [4.69, 9.17) is 16.6 Å². The first kappa shape index (κ1) is 24.5. The van der Waals surface area contributed by atoms with Crippen LogP contribution in [0.2, 0.25) is 5.02 Å². The third-order valence-electron chi connectivity index (χ3n) is 4.93. The third-order valence-corrected chi connectivity index (χ3v) is 5.18. The SMILES string of the molecule is CCNC(=NCc1ccc(Cl)cc1)NCC(C(C)C)N1CCN(C)CC1.I. The van der Waals surface area contributed by atoms with Crippen molar-refractivity contribution in [2.24, 2.45) is 10.9 Å². The lowest BCUT2D eigenvalue weighted by Crippen LogP contribution is -2.55. The molecule has 0 spiro atoms. The standard InChI is InChI=1S/C20H34ClN5.HI/c1-5-22-20(23-14-17-6-8-18(21)9-7-17)24-15-19(16(2)3)26-12-10-25(4)11-13-26;/h6-9,16,19H,5,10-15H2,1-4H3,(H2,22,23,24);1H. The molecule has 0 saturated carbocycles. The lowest BCUT2D eigenvalue weighted by atomic mass is 10.0. The smallest absolute Gasteiger partial charge is 0.191 e. The van der Waals surface area contributed by atoms with Crippen molar-refractivity contribution in [1.29, 1.82) is 0 Å². The molecule has 1 heterocycles. The highest BCUT2D eigenvalue weighted by Crippen LogP contribution is 2.13. The highest BCUT2D eigenvalue weighted by molar-refractivity contribution is 14.0. The molecule has 1 aliphatic rings. The molecule has 0 aliphatic carbocycles. The van der Waals surface area contributed by atoms with Gasteiger partial charge in [0.25, 0.3) is 0 Å². The summed E-state index contributed by atoms with van der Waals surface area (Å²) >= 11 is 5.95. The van der Waals surface area contributed by atoms with E-state index in [-0.39, 0.29) is 24.0 Å². The molecule has 0 bridgehead atoms. The maximum absolute atomic E-state index is 5.95. The van der Waals surface area contributed by atoms with Gasteiger partial charge in [0, 0.05) is 50.3 Å². The minimum absolute atomic E-state index is 0. The summed E-state index contributed by atoms with van der Waals surface area (Å²) in [5, 5.41) is 7.66. The van der Waals surface area contributed by atoms with Crippen LogP contribution in [-0.2, 0) is 6.54 Å². The molecule has 0 amide bonds. The van der Waals surface area contributed by atoms with Crippen LogP contribution in [0.3, 0.4) is 0 Å². The van der Waals surface area contributed by atoms with Crippen LogP contribution in [0.15, 0.2) is 29.3 Å². The number of aliphatic imine (C=N–C) groups is 1. The van der Waals surface area contributed by atoms with Crippen molar-refractivity contribution < 1.29 is 0 Å². The molecule has 154 valence electrons. The number of nitrogens with one attached hydrogen (secondary N) is 2. The Bertz CT molecular complexity index is 556. The Kier molecular flexibility index (Phi) is 11.6. The number of likely N-dealkylation sites (N-methyl/N-ethyl adjacent to an activating group) is 1. The van der Waals surface area contributed by atoms with E-state index >= 15 is 0 Å². The van der Waals surface area contributed by atoms with Gasteiger partial charge in [0.2, 0.25) is 0 Å². The van der Waals surface area contributed by atoms with Gasteiger partial charge in [-0.3, -0.25) is 4.90 Å². The van der Waals surface area contributed by atoms with Crippen molar-refractivity contribution >= 4 is 41.5 Å². The first-order valence-corrected chi connectivity index (χ1v) is 10.1. The second kappa shape index (κ2) is 12.8. The minimum atomic E-state index is 0. The highest BCUT2D eigenvalue weighted by atomic mass is 127. The first-order valence-electron chi connectivity index (χ1n) is 9.68. The van der Waals surface area contributed by atoms with E-state index in [1.54, 1.807) is 0 Å². The molecule has 1 aliphatic heterocycles. The van der Waals surface area contributed by atoms with Gasteiger partial charge in [-0.05, 0) is 37.6 Å². The lowest BCUT2D eigenvalue weighted by molar-refractivity contribution is 0.0900. The van der Waals surface area contributed by atoms with E-state index in [0.717, 1.165) is 55.8 Å². The molecule has 0 radical (unpaired) electrons. The molecule has 27 heavy (non-hydrogen) atoms. The predicted molar refractivity (Wildman–Crippen MR) is 127 cm³/mol. The Hall–Kier alpha value is -0.570. The quantitative estimate of drug-likeness (QED) is 0.338. The van der Waals surface area contributed by atoms with Crippen LogP contribution in [0.1, 0.15) is 26.3 Å². The average molecular weight is 508 g/mol. The maximum atomic E-state index is 5.95. The van der Waals surface area contributed by atoms with Gasteiger partial charge in [0.05, 0.1) is 6.54 Å². The minimum Gasteiger partial charge on any atom is -0.357 e. The molecule has 0 aromatic heterocycles. The van der Waals surface area contributed by atoms with Crippen molar-refractivity contribution in [3.8, 4) is 0 Å². The van der Waals surface area contributed by atoms with E-state index in [1.165, 1.54) is 0 Å². The van der Waals surface area contributed by atoms with Gasteiger partial charge in [-0.2, -0.15) is 0 Å². The molecular weight excluding hydrogens is 473 g/mol. The number of rotatable bonds is 7. The van der Waals surface area contributed by atoms with Gasteiger partial charge >= 0.3 is 0 Å². The summed E-state index contributed by atoms with van der Waals surface area (Å²) in [6, 6.07) is 8.39. The second-order valence-corrected chi connectivity index (χ2v) is 7.79. The van der Waals surface area contributed by atoms with Crippen LogP contribution in [0, 0.1) is 5.92 Å². The van der Waals surface area contributed by atoms with Crippen LogP contribution in [0.25, 0.3) is 0 Å². The molecule has 1 aromatic carbocycles. The molecular formula is C20H35ClIN5. The summed E-state index contributed by atoms with van der Waals surface area (Å²) in [5.41, 5.74) is 1.16. The van der Waals surface area contributed by atoms with Gasteiger partial charge in [-0.15, -0.1) is 24.0 Å². The van der Waals surface area contributed by atoms with Crippen molar-refractivity contribution in [3.63, 3.8) is 0 Å². The summed E-state index contributed by atoms with van der Waals surface area (Å²) in [6.07, 6.45) is 0. The number of guanidine groups is 1. The summed E-state index contributed by atoms with van der Waals surface area (Å²) in [7, 11) is 2.20. The topological polar surface area (TPSA) is 42.9 Å². The van der Waals surface area contributed by atoms with Crippen LogP contribution >= 0.6 is 35.6 Å². The monoisotopic (exact) mass is 507 g/mol.